The van der Waals surface area contributed by atoms with E-state index in [4.69, 9.17) is 4.74 Å². The molecular weight excluding hydrogens is 339 g/mol. The number of rotatable bonds is 8. The van der Waals surface area contributed by atoms with Crippen molar-refractivity contribution in [1.29, 1.82) is 0 Å². The summed E-state index contributed by atoms with van der Waals surface area (Å²) in [7, 11) is 0. The fourth-order valence-corrected chi connectivity index (χ4v) is 1.16. The van der Waals surface area contributed by atoms with Gasteiger partial charge in [0.2, 0.25) is 0 Å². The fourth-order valence-electron chi connectivity index (χ4n) is 1.16. The topological polar surface area (TPSA) is 52.6 Å². The van der Waals surface area contributed by atoms with E-state index in [1.54, 1.807) is 20.8 Å². The molecule has 0 unspecified atom stereocenters. The summed E-state index contributed by atoms with van der Waals surface area (Å²) in [5.74, 6) is -7.37. The summed E-state index contributed by atoms with van der Waals surface area (Å²) >= 11 is 0. The van der Waals surface area contributed by atoms with Gasteiger partial charge in [0.05, 0.1) is 18.6 Å². The maximum absolute atomic E-state index is 12.9. The Labute approximate surface area is 139 Å². The van der Waals surface area contributed by atoms with Gasteiger partial charge in [0.15, 0.2) is 0 Å². The van der Waals surface area contributed by atoms with Crippen LogP contribution in [-0.2, 0) is 19.1 Å². The van der Waals surface area contributed by atoms with Crippen molar-refractivity contribution < 1.29 is 41.0 Å². The van der Waals surface area contributed by atoms with Gasteiger partial charge in [0.1, 0.15) is 6.42 Å². The van der Waals surface area contributed by atoms with Crippen molar-refractivity contribution in [3.8, 4) is 0 Å². The standard InChI is InChI=1S/C13H19F5O4.2CH4/c1-4-11(2,3)9(19)21-6-5-7-22-10(20)12(14,15)8-13(16,17)18;;/h4-8H2,1-3H3;2*1H4. The lowest BCUT2D eigenvalue weighted by Gasteiger charge is -2.20. The zero-order valence-corrected chi connectivity index (χ0v) is 12.6. The first-order valence-corrected chi connectivity index (χ1v) is 6.61. The van der Waals surface area contributed by atoms with Crippen molar-refractivity contribution in [3.63, 3.8) is 0 Å². The molecule has 0 heterocycles. The molecule has 0 aliphatic rings. The predicted molar refractivity (Wildman–Crippen MR) is 79.7 cm³/mol. The first-order valence-electron chi connectivity index (χ1n) is 6.61. The Morgan fingerprint density at radius 2 is 1.29 bits per heavy atom. The summed E-state index contributed by atoms with van der Waals surface area (Å²) in [6.07, 6.45) is -7.30. The normalized spacial score (nSPS) is 11.8. The Hall–Kier alpha value is -1.41. The molecule has 0 N–H and O–H groups in total. The maximum Gasteiger partial charge on any atom is 0.395 e. The van der Waals surface area contributed by atoms with Gasteiger partial charge >= 0.3 is 24.0 Å². The molecule has 0 aromatic rings. The largest absolute Gasteiger partial charge is 0.465 e. The van der Waals surface area contributed by atoms with Gasteiger partial charge in [-0.15, -0.1) is 0 Å². The fraction of sp³-hybridized carbons (Fsp3) is 0.867. The lowest BCUT2D eigenvalue weighted by molar-refractivity contribution is -0.208. The molecule has 0 aromatic heterocycles. The summed E-state index contributed by atoms with van der Waals surface area (Å²) in [5.41, 5.74) is -0.698. The third-order valence-electron chi connectivity index (χ3n) is 2.91. The van der Waals surface area contributed by atoms with Gasteiger partial charge in [-0.1, -0.05) is 21.8 Å². The first kappa shape index (κ1) is 27.4. The third kappa shape index (κ3) is 10.4. The quantitative estimate of drug-likeness (QED) is 0.353. The molecular formula is C15H27F5O4. The average Bonchev–Trinajstić information content (AvgIpc) is 2.34. The molecule has 0 amide bonds. The summed E-state index contributed by atoms with van der Waals surface area (Å²) < 4.78 is 70.2. The summed E-state index contributed by atoms with van der Waals surface area (Å²) in [4.78, 5) is 22.4. The Bertz CT molecular complexity index is 392. The number of ether oxygens (including phenoxy) is 2. The minimum absolute atomic E-state index is 0. The van der Waals surface area contributed by atoms with Crippen LogP contribution in [0.5, 0.6) is 0 Å². The van der Waals surface area contributed by atoms with Crippen LogP contribution in [0.1, 0.15) is 54.9 Å². The zero-order valence-electron chi connectivity index (χ0n) is 12.6. The molecule has 146 valence electrons. The van der Waals surface area contributed by atoms with Crippen LogP contribution in [0.15, 0.2) is 0 Å². The molecule has 0 aliphatic heterocycles. The van der Waals surface area contributed by atoms with Crippen molar-refractivity contribution in [2.75, 3.05) is 13.2 Å². The SMILES string of the molecule is C.C.CCC(C)(C)C(=O)OCCCOC(=O)C(F)(F)CC(F)(F)F. The molecule has 9 heteroatoms. The van der Waals surface area contributed by atoms with E-state index in [1.807, 2.05) is 0 Å². The Balaban J connectivity index is -0.00000220. The Morgan fingerprint density at radius 3 is 1.67 bits per heavy atom. The second-order valence-electron chi connectivity index (χ2n) is 5.36. The van der Waals surface area contributed by atoms with E-state index >= 15 is 0 Å². The van der Waals surface area contributed by atoms with Crippen molar-refractivity contribution in [1.82, 2.24) is 0 Å². The number of hydrogen-bond acceptors (Lipinski definition) is 4. The maximum atomic E-state index is 12.9. The minimum Gasteiger partial charge on any atom is -0.465 e. The van der Waals surface area contributed by atoms with Gasteiger partial charge in [-0.25, -0.2) is 4.79 Å². The predicted octanol–water partition coefficient (Wildman–Crippen LogP) is 4.76. The Morgan fingerprint density at radius 1 is 0.875 bits per heavy atom. The molecule has 0 aromatic carbocycles. The molecule has 0 spiro atoms. The molecule has 0 saturated heterocycles. The van der Waals surface area contributed by atoms with Crippen LogP contribution < -0.4 is 0 Å². The molecule has 0 saturated carbocycles. The Kier molecular flexibility index (Phi) is 12.0. The van der Waals surface area contributed by atoms with Crippen LogP contribution in [0.25, 0.3) is 0 Å². The second-order valence-corrected chi connectivity index (χ2v) is 5.36. The molecule has 0 atom stereocenters. The molecule has 0 radical (unpaired) electrons. The van der Waals surface area contributed by atoms with E-state index in [1.165, 1.54) is 0 Å². The number of halogens is 5. The van der Waals surface area contributed by atoms with Crippen molar-refractivity contribution >= 4 is 11.9 Å². The molecule has 0 bridgehead atoms. The van der Waals surface area contributed by atoms with Crippen molar-refractivity contribution in [3.05, 3.63) is 0 Å². The molecule has 0 rings (SSSR count). The highest BCUT2D eigenvalue weighted by Gasteiger charge is 2.50. The first-order chi connectivity index (χ1) is 9.82. The minimum atomic E-state index is -5.18. The van der Waals surface area contributed by atoms with Gasteiger partial charge in [-0.3, -0.25) is 4.79 Å². The molecule has 0 fully saturated rings. The molecule has 0 aliphatic carbocycles. The van der Waals surface area contributed by atoms with Crippen molar-refractivity contribution in [2.45, 2.75) is 67.0 Å². The number of hydrogen-bond donors (Lipinski definition) is 0. The monoisotopic (exact) mass is 366 g/mol. The zero-order chi connectivity index (χ0) is 17.6. The van der Waals surface area contributed by atoms with E-state index in [9.17, 15) is 31.5 Å². The van der Waals surface area contributed by atoms with Gasteiger partial charge < -0.3 is 9.47 Å². The van der Waals surface area contributed by atoms with Crippen LogP contribution in [0.3, 0.4) is 0 Å². The van der Waals surface area contributed by atoms with Crippen molar-refractivity contribution in [2.24, 2.45) is 5.41 Å². The summed E-state index contributed by atoms with van der Waals surface area (Å²) in [6.45, 7) is 4.36. The third-order valence-corrected chi connectivity index (χ3v) is 2.91. The van der Waals surface area contributed by atoms with E-state index < -0.39 is 42.5 Å². The highest BCUT2D eigenvalue weighted by Crippen LogP contribution is 2.32. The van der Waals surface area contributed by atoms with E-state index in [0.717, 1.165) is 0 Å². The molecule has 4 nitrogen and oxygen atoms in total. The lowest BCUT2D eigenvalue weighted by atomic mass is 9.91. The van der Waals surface area contributed by atoms with E-state index in [2.05, 4.69) is 4.74 Å². The smallest absolute Gasteiger partial charge is 0.395 e. The highest BCUT2D eigenvalue weighted by atomic mass is 19.4. The number of alkyl halides is 5. The molecule has 24 heavy (non-hydrogen) atoms. The summed E-state index contributed by atoms with van der Waals surface area (Å²) in [6, 6.07) is 0. The van der Waals surface area contributed by atoms with Gasteiger partial charge in [-0.05, 0) is 20.3 Å². The van der Waals surface area contributed by atoms with Crippen LogP contribution in [0.2, 0.25) is 0 Å². The van der Waals surface area contributed by atoms with E-state index in [-0.39, 0.29) is 27.9 Å². The number of carbonyl (C=O) groups is 2. The van der Waals surface area contributed by atoms with Gasteiger partial charge in [0.25, 0.3) is 0 Å². The number of esters is 2. The summed E-state index contributed by atoms with van der Waals surface area (Å²) in [5, 5.41) is 0. The highest BCUT2D eigenvalue weighted by molar-refractivity contribution is 5.77. The average molecular weight is 366 g/mol. The van der Waals surface area contributed by atoms with Gasteiger partial charge in [0, 0.05) is 6.42 Å². The number of carbonyl (C=O) groups excluding carboxylic acids is 2. The van der Waals surface area contributed by atoms with Crippen LogP contribution in [0, 0.1) is 5.41 Å². The van der Waals surface area contributed by atoms with Crippen LogP contribution in [-0.4, -0.2) is 37.3 Å². The lowest BCUT2D eigenvalue weighted by Crippen LogP contribution is -2.36. The second kappa shape index (κ2) is 10.5. The van der Waals surface area contributed by atoms with Crippen LogP contribution in [0.4, 0.5) is 22.0 Å². The van der Waals surface area contributed by atoms with Gasteiger partial charge in [-0.2, -0.15) is 22.0 Å². The van der Waals surface area contributed by atoms with E-state index in [0.29, 0.717) is 6.42 Å². The van der Waals surface area contributed by atoms with Crippen LogP contribution >= 0.6 is 0 Å².